The number of carbonyl (C=O) groups is 1. The molecule has 53 heavy (non-hydrogen) atoms. The third-order valence-corrected chi connectivity index (χ3v) is 10.6. The van der Waals surface area contributed by atoms with Gasteiger partial charge in [-0.2, -0.15) is 0 Å². The largest absolute Gasteiger partial charge is 0.394 e. The van der Waals surface area contributed by atoms with Gasteiger partial charge in [-0.05, 0) is 12.8 Å². The van der Waals surface area contributed by atoms with Crippen LogP contribution in [0.3, 0.4) is 0 Å². The molecule has 14 nitrogen and oxygen atoms in total. The first-order valence-corrected chi connectivity index (χ1v) is 20.8. The van der Waals surface area contributed by atoms with E-state index < -0.39 is 86.8 Å². The molecule has 14 heteroatoms. The second-order valence-corrected chi connectivity index (χ2v) is 15.1. The molecule has 9 N–H and O–H groups in total. The fourth-order valence-corrected chi connectivity index (χ4v) is 7.06. The molecular formula is C39H75NO13. The van der Waals surface area contributed by atoms with Gasteiger partial charge in [0.15, 0.2) is 12.6 Å². The number of amides is 1. The number of aliphatic hydroxyl groups excluding tert-OH is 8. The van der Waals surface area contributed by atoms with Gasteiger partial charge in [0.05, 0.1) is 32.0 Å². The number of hydrogen-bond donors (Lipinski definition) is 9. The van der Waals surface area contributed by atoms with Crippen molar-refractivity contribution in [3.05, 3.63) is 0 Å². The summed E-state index contributed by atoms with van der Waals surface area (Å²) >= 11 is 0. The minimum Gasteiger partial charge on any atom is -0.394 e. The van der Waals surface area contributed by atoms with Crippen LogP contribution >= 0.6 is 0 Å². The molecule has 0 radical (unpaired) electrons. The Morgan fingerprint density at radius 1 is 0.604 bits per heavy atom. The molecular weight excluding hydrogens is 690 g/mol. The summed E-state index contributed by atoms with van der Waals surface area (Å²) in [4.78, 5) is 13.0. The second kappa shape index (κ2) is 28.4. The van der Waals surface area contributed by atoms with Crippen molar-refractivity contribution < 1.29 is 64.6 Å². The molecule has 12 unspecified atom stereocenters. The van der Waals surface area contributed by atoms with Crippen LogP contribution in [-0.2, 0) is 23.7 Å². The Balaban J connectivity index is 1.81. The highest BCUT2D eigenvalue weighted by Gasteiger charge is 2.50. The zero-order chi connectivity index (χ0) is 39.0. The summed E-state index contributed by atoms with van der Waals surface area (Å²) in [5.74, 6) is -0.215. The van der Waals surface area contributed by atoms with Crippen LogP contribution in [0.2, 0.25) is 0 Å². The van der Waals surface area contributed by atoms with Gasteiger partial charge in [0.1, 0.15) is 48.8 Å². The topological polar surface area (TPSA) is 228 Å². The minimum atomic E-state index is -1.77. The fourth-order valence-electron chi connectivity index (χ4n) is 7.06. The highest BCUT2D eigenvalue weighted by Crippen LogP contribution is 2.30. The van der Waals surface area contributed by atoms with Crippen molar-refractivity contribution >= 4 is 5.91 Å². The van der Waals surface area contributed by atoms with E-state index in [2.05, 4.69) is 19.2 Å². The van der Waals surface area contributed by atoms with Crippen molar-refractivity contribution in [2.24, 2.45) is 0 Å². The Kier molecular flexibility index (Phi) is 25.8. The molecule has 0 aromatic carbocycles. The van der Waals surface area contributed by atoms with Crippen molar-refractivity contribution in [1.82, 2.24) is 5.32 Å². The van der Waals surface area contributed by atoms with Gasteiger partial charge in [-0.1, -0.05) is 129 Å². The maximum Gasteiger partial charge on any atom is 0.220 e. The standard InChI is InChI=1S/C39H75NO13/c1-3-5-7-9-10-11-12-13-14-15-16-17-18-19-21-23-31(44)40-27(28(43)22-20-8-6-4-2)26-50-38-36(49)34(47)37(30(25-42)52-38)53-39-35(48)33(46)32(45)29(24-41)51-39/h27-30,32-39,41-43,45-49H,3-26H2,1-2H3,(H,40,44). The molecule has 2 aliphatic heterocycles. The molecule has 314 valence electrons. The van der Waals surface area contributed by atoms with Gasteiger partial charge in [-0.15, -0.1) is 0 Å². The van der Waals surface area contributed by atoms with E-state index in [1.165, 1.54) is 70.6 Å². The Bertz CT molecular complexity index is 915. The van der Waals surface area contributed by atoms with E-state index in [0.717, 1.165) is 51.4 Å². The van der Waals surface area contributed by atoms with Crippen LogP contribution in [0, 0.1) is 0 Å². The number of hydrogen-bond acceptors (Lipinski definition) is 13. The number of carbonyl (C=O) groups excluding carboxylic acids is 1. The first kappa shape index (κ1) is 48.1. The zero-order valence-electron chi connectivity index (χ0n) is 32.5. The summed E-state index contributed by atoms with van der Waals surface area (Å²) in [7, 11) is 0. The summed E-state index contributed by atoms with van der Waals surface area (Å²) in [6.07, 6.45) is 6.25. The quantitative estimate of drug-likeness (QED) is 0.0480. The molecule has 2 rings (SSSR count). The van der Waals surface area contributed by atoms with Crippen molar-refractivity contribution in [3.63, 3.8) is 0 Å². The fraction of sp³-hybridized carbons (Fsp3) is 0.974. The van der Waals surface area contributed by atoms with E-state index in [0.29, 0.717) is 12.8 Å². The number of unbranched alkanes of at least 4 members (excludes halogenated alkanes) is 17. The van der Waals surface area contributed by atoms with Gasteiger partial charge in [-0.3, -0.25) is 4.79 Å². The van der Waals surface area contributed by atoms with E-state index in [9.17, 15) is 45.6 Å². The highest BCUT2D eigenvalue weighted by atomic mass is 16.7. The van der Waals surface area contributed by atoms with Crippen LogP contribution in [0.5, 0.6) is 0 Å². The molecule has 12 atom stereocenters. The van der Waals surface area contributed by atoms with Crippen LogP contribution in [0.25, 0.3) is 0 Å². The monoisotopic (exact) mass is 766 g/mol. The average molecular weight is 766 g/mol. The van der Waals surface area contributed by atoms with Crippen molar-refractivity contribution in [2.45, 2.75) is 222 Å². The van der Waals surface area contributed by atoms with Crippen molar-refractivity contribution in [1.29, 1.82) is 0 Å². The van der Waals surface area contributed by atoms with E-state index in [-0.39, 0.29) is 12.5 Å². The first-order chi connectivity index (χ1) is 25.6. The lowest BCUT2D eigenvalue weighted by Gasteiger charge is -2.46. The number of nitrogens with one attached hydrogen (secondary N) is 1. The van der Waals surface area contributed by atoms with Gasteiger partial charge in [-0.25, -0.2) is 0 Å². The lowest BCUT2D eigenvalue weighted by atomic mass is 9.97. The van der Waals surface area contributed by atoms with Crippen LogP contribution in [-0.4, -0.2) is 140 Å². The molecule has 0 spiro atoms. The third kappa shape index (κ3) is 17.8. The summed E-state index contributed by atoms with van der Waals surface area (Å²) in [6.45, 7) is 2.69. The molecule has 1 amide bonds. The van der Waals surface area contributed by atoms with Gasteiger partial charge in [0.25, 0.3) is 0 Å². The van der Waals surface area contributed by atoms with Gasteiger partial charge in [0, 0.05) is 6.42 Å². The van der Waals surface area contributed by atoms with E-state index in [1.807, 2.05) is 0 Å². The Morgan fingerprint density at radius 2 is 1.08 bits per heavy atom. The molecule has 2 aliphatic rings. The average Bonchev–Trinajstić information content (AvgIpc) is 3.15. The zero-order valence-corrected chi connectivity index (χ0v) is 32.5. The summed E-state index contributed by atoms with van der Waals surface area (Å²) in [5.41, 5.74) is 0. The van der Waals surface area contributed by atoms with Crippen molar-refractivity contribution in [3.8, 4) is 0 Å². The number of ether oxygens (including phenoxy) is 4. The van der Waals surface area contributed by atoms with Crippen LogP contribution in [0.15, 0.2) is 0 Å². The normalized spacial score (nSPS) is 30.3. The van der Waals surface area contributed by atoms with Crippen LogP contribution in [0.1, 0.15) is 149 Å². The lowest BCUT2D eigenvalue weighted by Crippen LogP contribution is -2.65. The predicted molar refractivity (Wildman–Crippen MR) is 199 cm³/mol. The highest BCUT2D eigenvalue weighted by molar-refractivity contribution is 5.76. The lowest BCUT2D eigenvalue weighted by molar-refractivity contribution is -0.359. The number of aliphatic hydroxyl groups is 8. The molecule has 2 fully saturated rings. The molecule has 0 bridgehead atoms. The van der Waals surface area contributed by atoms with Gasteiger partial charge in [0.2, 0.25) is 5.91 Å². The molecule has 0 aromatic rings. The first-order valence-electron chi connectivity index (χ1n) is 20.8. The summed E-state index contributed by atoms with van der Waals surface area (Å²) < 4.78 is 22.5. The maximum absolute atomic E-state index is 13.0. The smallest absolute Gasteiger partial charge is 0.220 e. The Hall–Kier alpha value is -1.01. The van der Waals surface area contributed by atoms with E-state index in [4.69, 9.17) is 18.9 Å². The molecule has 2 saturated heterocycles. The minimum absolute atomic E-state index is 0.215. The van der Waals surface area contributed by atoms with Gasteiger partial charge < -0.3 is 65.1 Å². The molecule has 0 aromatic heterocycles. The Labute approximate surface area is 317 Å². The van der Waals surface area contributed by atoms with Crippen LogP contribution < -0.4 is 5.32 Å². The molecule has 0 aliphatic carbocycles. The maximum atomic E-state index is 13.0. The van der Waals surface area contributed by atoms with Gasteiger partial charge >= 0.3 is 0 Å². The van der Waals surface area contributed by atoms with Crippen molar-refractivity contribution in [2.75, 3.05) is 19.8 Å². The molecule has 2 heterocycles. The summed E-state index contributed by atoms with van der Waals surface area (Å²) in [5, 5.41) is 85.8. The van der Waals surface area contributed by atoms with Crippen LogP contribution in [0.4, 0.5) is 0 Å². The second-order valence-electron chi connectivity index (χ2n) is 15.1. The number of rotatable bonds is 30. The van der Waals surface area contributed by atoms with E-state index >= 15 is 0 Å². The van der Waals surface area contributed by atoms with E-state index in [1.54, 1.807) is 0 Å². The Morgan fingerprint density at radius 3 is 1.60 bits per heavy atom. The summed E-state index contributed by atoms with van der Waals surface area (Å²) in [6, 6.07) is -0.816. The third-order valence-electron chi connectivity index (χ3n) is 10.6. The SMILES string of the molecule is CCCCCCCCCCCCCCCCCC(=O)NC(COC1OC(CO)C(OC2OC(CO)C(O)C(O)C2O)C(O)C1O)C(O)CCCCCC. The predicted octanol–water partition coefficient (Wildman–Crippen LogP) is 2.70. The molecule has 0 saturated carbocycles.